The van der Waals surface area contributed by atoms with E-state index in [0.29, 0.717) is 36.2 Å². The number of rotatable bonds is 5. The van der Waals surface area contributed by atoms with Gasteiger partial charge >= 0.3 is 12.2 Å². The van der Waals surface area contributed by atoms with Crippen LogP contribution >= 0.6 is 23.5 Å². The molecule has 0 N–H and O–H groups in total. The number of carbonyl (C=O) groups excluding carboxylic acids is 2. The molecular weight excluding hydrogens is 537 g/mol. The fourth-order valence-electron chi connectivity index (χ4n) is 4.66. The third-order valence-corrected chi connectivity index (χ3v) is 8.53. The van der Waals surface area contributed by atoms with Crippen LogP contribution in [-0.2, 0) is 4.75 Å². The zero-order chi connectivity index (χ0) is 26.7. The zero-order valence-corrected chi connectivity index (χ0v) is 21.1. The van der Waals surface area contributed by atoms with Crippen LogP contribution in [0.2, 0.25) is 5.02 Å². The van der Waals surface area contributed by atoms with Crippen molar-refractivity contribution in [3.8, 4) is 0 Å². The van der Waals surface area contributed by atoms with Crippen molar-refractivity contribution in [3.63, 3.8) is 0 Å². The Morgan fingerprint density at radius 3 is 2.57 bits per heavy atom. The maximum absolute atomic E-state index is 14.7. The Hall–Kier alpha value is -2.66. The number of alkyl halides is 3. The van der Waals surface area contributed by atoms with Crippen molar-refractivity contribution in [1.82, 2.24) is 9.80 Å². The summed E-state index contributed by atoms with van der Waals surface area (Å²) < 4.78 is 72.4. The van der Waals surface area contributed by atoms with Crippen molar-refractivity contribution in [2.75, 3.05) is 19.6 Å². The number of nitrogens with zero attached hydrogens (tertiary/aromatic N) is 3. The predicted octanol–water partition coefficient (Wildman–Crippen LogP) is 6.51. The Labute approximate surface area is 218 Å². The molecule has 1 saturated carbocycles. The summed E-state index contributed by atoms with van der Waals surface area (Å²) >= 11 is 5.71. The highest BCUT2D eigenvalue weighted by molar-refractivity contribution is 7.99. The Morgan fingerprint density at radius 1 is 1.19 bits per heavy atom. The third-order valence-electron chi connectivity index (χ3n) is 6.96. The van der Waals surface area contributed by atoms with E-state index in [-0.39, 0.29) is 35.8 Å². The van der Waals surface area contributed by atoms with Crippen LogP contribution in [0, 0.1) is 24.5 Å². The highest BCUT2D eigenvalue weighted by Crippen LogP contribution is 2.57. The number of benzene rings is 2. The quantitative estimate of drug-likeness (QED) is 0.239. The predicted molar refractivity (Wildman–Crippen MR) is 130 cm³/mol. The first-order valence-electron chi connectivity index (χ1n) is 11.6. The molecule has 2 aromatic rings. The SMILES string of the molecule is Cc1cc(C2=NSC(c3ccc(F)c(Cl)c3F)(C(F)(F)F)C2)ccc1C(=O)N1CCN(CC2CC2)C1=O. The Morgan fingerprint density at radius 2 is 1.92 bits per heavy atom. The number of halogens is 6. The lowest BCUT2D eigenvalue weighted by atomic mass is 9.88. The summed E-state index contributed by atoms with van der Waals surface area (Å²) in [7, 11) is 0. The summed E-state index contributed by atoms with van der Waals surface area (Å²) in [6, 6.07) is 5.54. The maximum Gasteiger partial charge on any atom is 0.409 e. The molecule has 0 aromatic heterocycles. The highest BCUT2D eigenvalue weighted by atomic mass is 35.5. The molecule has 0 bridgehead atoms. The molecule has 3 aliphatic rings. The van der Waals surface area contributed by atoms with Crippen LogP contribution in [-0.4, -0.2) is 53.3 Å². The summed E-state index contributed by atoms with van der Waals surface area (Å²) in [6.07, 6.45) is -3.49. The first kappa shape index (κ1) is 26.0. The molecule has 196 valence electrons. The second-order valence-electron chi connectivity index (χ2n) is 9.51. The highest BCUT2D eigenvalue weighted by Gasteiger charge is 2.61. The van der Waals surface area contributed by atoms with Gasteiger partial charge in [0.2, 0.25) is 0 Å². The normalized spacial score (nSPS) is 22.1. The molecule has 5 rings (SSSR count). The number of amides is 3. The van der Waals surface area contributed by atoms with Crippen molar-refractivity contribution in [3.05, 3.63) is 69.2 Å². The Kier molecular flexibility index (Phi) is 6.50. The van der Waals surface area contributed by atoms with Crippen LogP contribution in [0.3, 0.4) is 0 Å². The molecule has 0 spiro atoms. The molecule has 1 aliphatic carbocycles. The summed E-state index contributed by atoms with van der Waals surface area (Å²) in [6.45, 7) is 3.00. The van der Waals surface area contributed by atoms with E-state index in [1.807, 2.05) is 0 Å². The van der Waals surface area contributed by atoms with Gasteiger partial charge in [-0.15, -0.1) is 0 Å². The minimum Gasteiger partial charge on any atom is -0.322 e. The summed E-state index contributed by atoms with van der Waals surface area (Å²) in [5.74, 6) is -2.62. The van der Waals surface area contributed by atoms with Crippen LogP contribution < -0.4 is 0 Å². The van der Waals surface area contributed by atoms with Gasteiger partial charge in [-0.05, 0) is 67.0 Å². The van der Waals surface area contributed by atoms with Gasteiger partial charge in [0.1, 0.15) is 16.7 Å². The van der Waals surface area contributed by atoms with Gasteiger partial charge in [-0.1, -0.05) is 23.7 Å². The van der Waals surface area contributed by atoms with Gasteiger partial charge in [0.15, 0.2) is 4.75 Å². The minimum absolute atomic E-state index is 0.0390. The van der Waals surface area contributed by atoms with Gasteiger partial charge in [-0.25, -0.2) is 18.0 Å². The van der Waals surface area contributed by atoms with Crippen LogP contribution in [0.5, 0.6) is 0 Å². The second-order valence-corrected chi connectivity index (χ2v) is 11.0. The van der Waals surface area contributed by atoms with Gasteiger partial charge < -0.3 is 4.90 Å². The minimum atomic E-state index is -4.93. The Bertz CT molecular complexity index is 1330. The van der Waals surface area contributed by atoms with E-state index >= 15 is 0 Å². The number of hydrogen-bond donors (Lipinski definition) is 0. The smallest absolute Gasteiger partial charge is 0.322 e. The Balaban J connectivity index is 1.39. The lowest BCUT2D eigenvalue weighted by molar-refractivity contribution is -0.160. The molecular formula is C25H21ClF5N3O2S. The van der Waals surface area contributed by atoms with Crippen molar-refractivity contribution in [1.29, 1.82) is 0 Å². The molecule has 1 unspecified atom stereocenters. The van der Waals surface area contributed by atoms with E-state index < -0.39 is 45.5 Å². The fourth-order valence-corrected chi connectivity index (χ4v) is 5.82. The maximum atomic E-state index is 14.7. The lowest BCUT2D eigenvalue weighted by Crippen LogP contribution is -2.39. The van der Waals surface area contributed by atoms with E-state index in [0.717, 1.165) is 18.9 Å². The van der Waals surface area contributed by atoms with Crippen molar-refractivity contribution < 1.29 is 31.5 Å². The molecule has 2 aromatic carbocycles. The zero-order valence-electron chi connectivity index (χ0n) is 19.5. The molecule has 1 saturated heterocycles. The second kappa shape index (κ2) is 9.27. The molecule has 5 nitrogen and oxygen atoms in total. The van der Waals surface area contributed by atoms with E-state index in [9.17, 15) is 31.5 Å². The van der Waals surface area contributed by atoms with Crippen molar-refractivity contribution in [2.45, 2.75) is 37.1 Å². The van der Waals surface area contributed by atoms with E-state index in [4.69, 9.17) is 11.6 Å². The molecule has 0 radical (unpaired) electrons. The average Bonchev–Trinajstić information content (AvgIpc) is 3.42. The van der Waals surface area contributed by atoms with Gasteiger partial charge in [-0.3, -0.25) is 9.69 Å². The molecule has 37 heavy (non-hydrogen) atoms. The topological polar surface area (TPSA) is 53.0 Å². The number of carbonyl (C=O) groups is 2. The van der Waals surface area contributed by atoms with Crippen LogP contribution in [0.4, 0.5) is 26.7 Å². The van der Waals surface area contributed by atoms with E-state index in [1.54, 1.807) is 11.8 Å². The monoisotopic (exact) mass is 557 g/mol. The lowest BCUT2D eigenvalue weighted by Gasteiger charge is -2.30. The summed E-state index contributed by atoms with van der Waals surface area (Å²) in [4.78, 5) is 28.6. The van der Waals surface area contributed by atoms with Crippen LogP contribution in [0.1, 0.15) is 46.3 Å². The average molecular weight is 558 g/mol. The molecule has 2 fully saturated rings. The van der Waals surface area contributed by atoms with Crippen LogP contribution in [0.15, 0.2) is 34.7 Å². The van der Waals surface area contributed by atoms with Gasteiger partial charge in [-0.2, -0.15) is 13.2 Å². The standard InChI is InChI=1S/C25H21ClF5N3O2S/c1-13-10-15(4-5-16(13)22(35)34-9-8-33(23(34)36)12-14-2-3-14)19-11-24(37-32-19,25(29,30)31)17-6-7-18(27)20(26)21(17)28/h4-7,10,14H,2-3,8-9,11-12H2,1H3. The van der Waals surface area contributed by atoms with Gasteiger partial charge in [0, 0.05) is 37.2 Å². The molecule has 3 amide bonds. The number of urea groups is 1. The van der Waals surface area contributed by atoms with Crippen LogP contribution in [0.25, 0.3) is 0 Å². The first-order valence-corrected chi connectivity index (χ1v) is 12.8. The fraction of sp³-hybridized carbons (Fsp3) is 0.400. The number of aryl methyl sites for hydroxylation is 1. The van der Waals surface area contributed by atoms with Gasteiger partial charge in [0.05, 0.1) is 5.71 Å². The number of imide groups is 1. The third kappa shape index (κ3) is 4.50. The van der Waals surface area contributed by atoms with Crippen molar-refractivity contribution in [2.24, 2.45) is 10.3 Å². The first-order chi connectivity index (χ1) is 17.4. The van der Waals surface area contributed by atoms with E-state index in [2.05, 4.69) is 4.40 Å². The van der Waals surface area contributed by atoms with E-state index in [1.165, 1.54) is 23.1 Å². The largest absolute Gasteiger partial charge is 0.409 e. The molecule has 1 atom stereocenters. The number of hydrogen-bond acceptors (Lipinski definition) is 4. The molecule has 2 aliphatic heterocycles. The summed E-state index contributed by atoms with van der Waals surface area (Å²) in [5, 5.41) is -1.01. The van der Waals surface area contributed by atoms with Crippen molar-refractivity contribution >= 4 is 41.2 Å². The summed E-state index contributed by atoms with van der Waals surface area (Å²) in [5.41, 5.74) is 0.280. The van der Waals surface area contributed by atoms with Gasteiger partial charge in [0.25, 0.3) is 5.91 Å². The molecule has 12 heteroatoms. The molecule has 2 heterocycles.